The number of aromatic nitrogens is 2. The molecule has 29 heavy (non-hydrogen) atoms. The molecule has 2 aromatic carbocycles. The van der Waals surface area contributed by atoms with Crippen molar-refractivity contribution in [1.29, 1.82) is 0 Å². The first-order valence-electron chi connectivity index (χ1n) is 9.99. The van der Waals surface area contributed by atoms with Crippen molar-refractivity contribution in [2.45, 2.75) is 19.8 Å². The highest BCUT2D eigenvalue weighted by atomic mass is 16.1. The average Bonchev–Trinajstić information content (AvgIpc) is 2.76. The third-order valence-electron chi connectivity index (χ3n) is 5.22. The van der Waals surface area contributed by atoms with E-state index in [4.69, 9.17) is 0 Å². The number of carbonyl (C=O) groups excluding carboxylic acids is 1. The van der Waals surface area contributed by atoms with Crippen LogP contribution in [-0.4, -0.2) is 29.2 Å². The van der Waals surface area contributed by atoms with Gasteiger partial charge in [0.15, 0.2) is 11.5 Å². The van der Waals surface area contributed by atoms with Gasteiger partial charge in [-0.15, -0.1) is 10.2 Å². The van der Waals surface area contributed by atoms with Gasteiger partial charge in [-0.3, -0.25) is 4.79 Å². The fraction of sp³-hybridized carbons (Fsp3) is 0.261. The van der Waals surface area contributed by atoms with Crippen LogP contribution in [0.4, 0.5) is 22.9 Å². The molecule has 0 spiro atoms. The number of nitrogens with zero attached hydrogens (tertiary/aromatic N) is 3. The zero-order valence-electron chi connectivity index (χ0n) is 16.5. The fourth-order valence-electron chi connectivity index (χ4n) is 3.41. The third-order valence-corrected chi connectivity index (χ3v) is 5.22. The van der Waals surface area contributed by atoms with Crippen LogP contribution in [0, 0.1) is 5.92 Å². The summed E-state index contributed by atoms with van der Waals surface area (Å²) in [6.07, 6.45) is 2.50. The van der Waals surface area contributed by atoms with E-state index < -0.39 is 0 Å². The molecule has 0 saturated carbocycles. The molecule has 0 radical (unpaired) electrons. The zero-order chi connectivity index (χ0) is 20.1. The van der Waals surface area contributed by atoms with Crippen LogP contribution in [-0.2, 0) is 0 Å². The zero-order valence-corrected chi connectivity index (χ0v) is 16.5. The third kappa shape index (κ3) is 4.90. The van der Waals surface area contributed by atoms with Crippen molar-refractivity contribution in [3.63, 3.8) is 0 Å². The van der Waals surface area contributed by atoms with E-state index in [1.165, 1.54) is 18.5 Å². The number of carbonyl (C=O) groups is 1. The van der Waals surface area contributed by atoms with Crippen molar-refractivity contribution >= 4 is 28.8 Å². The van der Waals surface area contributed by atoms with Crippen LogP contribution >= 0.6 is 0 Å². The molecule has 1 aliphatic rings. The van der Waals surface area contributed by atoms with Crippen LogP contribution in [0.3, 0.4) is 0 Å². The van der Waals surface area contributed by atoms with Gasteiger partial charge < -0.3 is 15.5 Å². The molecule has 0 atom stereocenters. The van der Waals surface area contributed by atoms with Gasteiger partial charge in [0.05, 0.1) is 0 Å². The monoisotopic (exact) mass is 387 g/mol. The summed E-state index contributed by atoms with van der Waals surface area (Å²) in [5.74, 6) is 1.14. The van der Waals surface area contributed by atoms with Gasteiger partial charge in [-0.1, -0.05) is 25.1 Å². The van der Waals surface area contributed by atoms with Gasteiger partial charge in [0, 0.05) is 30.2 Å². The van der Waals surface area contributed by atoms with Crippen LogP contribution in [0.5, 0.6) is 0 Å². The minimum atomic E-state index is -0.282. The summed E-state index contributed by atoms with van der Waals surface area (Å²) < 4.78 is 0. The summed E-state index contributed by atoms with van der Waals surface area (Å²) in [6, 6.07) is 21.1. The van der Waals surface area contributed by atoms with Crippen molar-refractivity contribution in [2.24, 2.45) is 5.92 Å². The van der Waals surface area contributed by atoms with Crippen LogP contribution < -0.4 is 15.5 Å². The number of nitrogens with one attached hydrogen (secondary N) is 2. The molecule has 4 rings (SSSR count). The molecular formula is C23H25N5O. The molecule has 148 valence electrons. The molecule has 1 saturated heterocycles. The van der Waals surface area contributed by atoms with Crippen molar-refractivity contribution < 1.29 is 4.79 Å². The molecule has 1 aromatic heterocycles. The highest BCUT2D eigenvalue weighted by Gasteiger charge is 2.16. The molecule has 1 amide bonds. The molecule has 2 heterocycles. The molecule has 0 unspecified atom stereocenters. The smallest absolute Gasteiger partial charge is 0.276 e. The van der Waals surface area contributed by atoms with Crippen molar-refractivity contribution in [3.05, 3.63) is 72.4 Å². The van der Waals surface area contributed by atoms with E-state index in [0.29, 0.717) is 5.82 Å². The Morgan fingerprint density at radius 2 is 1.62 bits per heavy atom. The Bertz CT molecular complexity index is 933. The van der Waals surface area contributed by atoms with Gasteiger partial charge in [0.25, 0.3) is 5.91 Å². The summed E-state index contributed by atoms with van der Waals surface area (Å²) in [7, 11) is 0. The highest BCUT2D eigenvalue weighted by Crippen LogP contribution is 2.25. The molecule has 3 aromatic rings. The SMILES string of the molecule is CC1CCN(c2ccc(Nc3ccc(C(=O)Nc4ccccc4)nn3)cc2)CC1. The maximum atomic E-state index is 12.3. The number of hydrogen-bond donors (Lipinski definition) is 2. The number of hydrogen-bond acceptors (Lipinski definition) is 5. The quantitative estimate of drug-likeness (QED) is 0.663. The normalized spacial score (nSPS) is 14.4. The van der Waals surface area contributed by atoms with E-state index in [9.17, 15) is 4.79 Å². The number of amides is 1. The standard InChI is InChI=1S/C23H25N5O/c1-17-13-15-28(16-14-17)20-9-7-19(8-10-20)24-22-12-11-21(26-27-22)23(29)25-18-5-3-2-4-6-18/h2-12,17H,13-16H2,1H3,(H,24,27)(H,25,29). The first kappa shape index (κ1) is 18.9. The summed E-state index contributed by atoms with van der Waals surface area (Å²) in [5.41, 5.74) is 3.19. The Balaban J connectivity index is 1.35. The first-order chi connectivity index (χ1) is 14.2. The molecule has 6 heteroatoms. The second-order valence-electron chi connectivity index (χ2n) is 7.47. The van der Waals surface area contributed by atoms with E-state index in [2.05, 4.69) is 44.8 Å². The van der Waals surface area contributed by atoms with E-state index in [1.807, 2.05) is 42.5 Å². The Morgan fingerprint density at radius 3 is 2.28 bits per heavy atom. The predicted molar refractivity (Wildman–Crippen MR) is 117 cm³/mol. The van der Waals surface area contributed by atoms with Gasteiger partial charge in [0.1, 0.15) is 0 Å². The second-order valence-corrected chi connectivity index (χ2v) is 7.47. The van der Waals surface area contributed by atoms with Crippen molar-refractivity contribution in [3.8, 4) is 0 Å². The molecule has 1 fully saturated rings. The van der Waals surface area contributed by atoms with Gasteiger partial charge >= 0.3 is 0 Å². The maximum Gasteiger partial charge on any atom is 0.276 e. The average molecular weight is 387 g/mol. The van der Waals surface area contributed by atoms with E-state index in [0.717, 1.165) is 30.4 Å². The Labute approximate surface area is 171 Å². The summed E-state index contributed by atoms with van der Waals surface area (Å²) >= 11 is 0. The molecular weight excluding hydrogens is 362 g/mol. The minimum absolute atomic E-state index is 0.272. The van der Waals surface area contributed by atoms with Crippen LogP contribution in [0.1, 0.15) is 30.3 Å². The second kappa shape index (κ2) is 8.73. The predicted octanol–water partition coefficient (Wildman–Crippen LogP) is 4.71. The number of rotatable bonds is 5. The number of para-hydroxylation sites is 1. The van der Waals surface area contributed by atoms with Crippen LogP contribution in [0.2, 0.25) is 0 Å². The molecule has 2 N–H and O–H groups in total. The summed E-state index contributed by atoms with van der Waals surface area (Å²) in [4.78, 5) is 14.7. The van der Waals surface area contributed by atoms with E-state index in [-0.39, 0.29) is 11.6 Å². The highest BCUT2D eigenvalue weighted by molar-refractivity contribution is 6.02. The molecule has 6 nitrogen and oxygen atoms in total. The lowest BCUT2D eigenvalue weighted by atomic mass is 9.99. The lowest BCUT2D eigenvalue weighted by molar-refractivity contribution is 0.102. The number of anilines is 4. The van der Waals surface area contributed by atoms with E-state index in [1.54, 1.807) is 12.1 Å². The van der Waals surface area contributed by atoms with Crippen LogP contribution in [0.15, 0.2) is 66.7 Å². The maximum absolute atomic E-state index is 12.3. The lowest BCUT2D eigenvalue weighted by Gasteiger charge is -2.32. The molecule has 0 bridgehead atoms. The number of piperidine rings is 1. The minimum Gasteiger partial charge on any atom is -0.372 e. The molecule has 1 aliphatic heterocycles. The topological polar surface area (TPSA) is 70.2 Å². The van der Waals surface area contributed by atoms with Gasteiger partial charge in [-0.25, -0.2) is 0 Å². The number of benzene rings is 2. The van der Waals surface area contributed by atoms with Gasteiger partial charge in [-0.05, 0) is 67.3 Å². The lowest BCUT2D eigenvalue weighted by Crippen LogP contribution is -2.32. The van der Waals surface area contributed by atoms with Crippen molar-refractivity contribution in [2.75, 3.05) is 28.6 Å². The fourth-order valence-corrected chi connectivity index (χ4v) is 3.41. The van der Waals surface area contributed by atoms with Crippen molar-refractivity contribution in [1.82, 2.24) is 10.2 Å². The van der Waals surface area contributed by atoms with E-state index >= 15 is 0 Å². The first-order valence-corrected chi connectivity index (χ1v) is 9.99. The summed E-state index contributed by atoms with van der Waals surface area (Å²) in [6.45, 7) is 4.56. The van der Waals surface area contributed by atoms with Crippen LogP contribution in [0.25, 0.3) is 0 Å². The molecule has 0 aliphatic carbocycles. The Kier molecular flexibility index (Phi) is 5.70. The Hall–Kier alpha value is -3.41. The van der Waals surface area contributed by atoms with Gasteiger partial charge in [0.2, 0.25) is 0 Å². The largest absolute Gasteiger partial charge is 0.372 e. The Morgan fingerprint density at radius 1 is 0.897 bits per heavy atom. The van der Waals surface area contributed by atoms with Gasteiger partial charge in [-0.2, -0.15) is 0 Å². The summed E-state index contributed by atoms with van der Waals surface area (Å²) in [5, 5.41) is 14.2.